The van der Waals surface area contributed by atoms with Crippen LogP contribution in [0.1, 0.15) is 0 Å². The molecule has 0 fully saturated rings. The summed E-state index contributed by atoms with van der Waals surface area (Å²) in [4.78, 5) is 20.0. The highest BCUT2D eigenvalue weighted by Gasteiger charge is 2.07. The highest BCUT2D eigenvalue weighted by Crippen LogP contribution is 2.30. The van der Waals surface area contributed by atoms with Gasteiger partial charge in [-0.05, 0) is 47.5 Å². The Labute approximate surface area is 173 Å². The van der Waals surface area contributed by atoms with Crippen molar-refractivity contribution in [2.24, 2.45) is 0 Å². The Morgan fingerprint density at radius 3 is 2.48 bits per heavy atom. The van der Waals surface area contributed by atoms with Gasteiger partial charge in [0.2, 0.25) is 0 Å². The fourth-order valence-electron chi connectivity index (χ4n) is 3.01. The Balaban J connectivity index is 1.67. The van der Waals surface area contributed by atoms with E-state index in [1.807, 2.05) is 48.5 Å². The zero-order valence-electron chi connectivity index (χ0n) is 15.6. The van der Waals surface area contributed by atoms with Crippen LogP contribution in [-0.2, 0) is 0 Å². The topological polar surface area (TPSA) is 78.9 Å². The van der Waals surface area contributed by atoms with E-state index in [0.29, 0.717) is 5.02 Å². The quantitative estimate of drug-likeness (QED) is 0.423. The van der Waals surface area contributed by atoms with E-state index < -0.39 is 0 Å². The normalized spacial score (nSPS) is 10.6. The van der Waals surface area contributed by atoms with Crippen LogP contribution >= 0.6 is 11.6 Å². The molecule has 2 amide bonds. The molecule has 0 aliphatic carbocycles. The third-order valence-electron chi connectivity index (χ3n) is 4.43. The molecule has 0 atom stereocenters. The van der Waals surface area contributed by atoms with Crippen LogP contribution in [-0.4, -0.2) is 23.0 Å². The van der Waals surface area contributed by atoms with E-state index >= 15 is 0 Å². The molecule has 0 saturated heterocycles. The molecule has 0 spiro atoms. The number of anilines is 3. The standard InChI is InChI=1S/C22H18ClN5O/c1-24-22(29)28-17-5-2-14(3-6-17)15-4-7-20-19(10-15)21(8-9-26-20)27-18-11-16(23)12-25-13-18/h2-13H,1H3,(H,26,27)(H2,24,28,29). The van der Waals surface area contributed by atoms with Crippen LogP contribution in [0.3, 0.4) is 0 Å². The zero-order chi connectivity index (χ0) is 20.2. The molecule has 2 aromatic carbocycles. The fraction of sp³-hybridized carbons (Fsp3) is 0.0455. The maximum atomic E-state index is 11.4. The van der Waals surface area contributed by atoms with E-state index in [2.05, 4.69) is 32.0 Å². The second kappa shape index (κ2) is 8.16. The van der Waals surface area contributed by atoms with Crippen LogP contribution < -0.4 is 16.0 Å². The summed E-state index contributed by atoms with van der Waals surface area (Å²) in [7, 11) is 1.58. The summed E-state index contributed by atoms with van der Waals surface area (Å²) in [6, 6.07) is 17.3. The molecule has 144 valence electrons. The first-order valence-corrected chi connectivity index (χ1v) is 9.36. The Morgan fingerprint density at radius 1 is 0.931 bits per heavy atom. The Bertz CT molecular complexity index is 1180. The van der Waals surface area contributed by atoms with Gasteiger partial charge >= 0.3 is 6.03 Å². The smallest absolute Gasteiger partial charge is 0.318 e. The fourth-order valence-corrected chi connectivity index (χ4v) is 3.18. The molecule has 4 aromatic rings. The molecule has 29 heavy (non-hydrogen) atoms. The maximum Gasteiger partial charge on any atom is 0.318 e. The number of nitrogens with zero attached hydrogens (tertiary/aromatic N) is 2. The lowest BCUT2D eigenvalue weighted by Crippen LogP contribution is -2.24. The number of rotatable bonds is 4. The minimum absolute atomic E-state index is 0.249. The second-order valence-electron chi connectivity index (χ2n) is 6.39. The molecule has 6 nitrogen and oxygen atoms in total. The molecule has 0 saturated carbocycles. The number of carbonyl (C=O) groups excluding carboxylic acids is 1. The molecule has 0 aliphatic heterocycles. The predicted molar refractivity (Wildman–Crippen MR) is 118 cm³/mol. The molecule has 2 heterocycles. The zero-order valence-corrected chi connectivity index (χ0v) is 16.4. The van der Waals surface area contributed by atoms with Gasteiger partial charge in [-0.15, -0.1) is 0 Å². The summed E-state index contributed by atoms with van der Waals surface area (Å²) in [6.45, 7) is 0. The average molecular weight is 404 g/mol. The third-order valence-corrected chi connectivity index (χ3v) is 4.64. The number of fused-ring (bicyclic) bond motifs is 1. The minimum Gasteiger partial charge on any atom is -0.354 e. The van der Waals surface area contributed by atoms with E-state index in [9.17, 15) is 4.79 Å². The molecule has 0 unspecified atom stereocenters. The van der Waals surface area contributed by atoms with Crippen LogP contribution in [0.15, 0.2) is 73.2 Å². The largest absolute Gasteiger partial charge is 0.354 e. The van der Waals surface area contributed by atoms with Crippen LogP contribution in [0.5, 0.6) is 0 Å². The van der Waals surface area contributed by atoms with Crippen molar-refractivity contribution in [3.8, 4) is 11.1 Å². The lowest BCUT2D eigenvalue weighted by molar-refractivity contribution is 0.254. The molecule has 7 heteroatoms. The molecular formula is C22H18ClN5O. The first kappa shape index (κ1) is 18.7. The van der Waals surface area contributed by atoms with Gasteiger partial charge in [-0.25, -0.2) is 4.79 Å². The Kier molecular flexibility index (Phi) is 5.27. The van der Waals surface area contributed by atoms with Crippen LogP contribution in [0.25, 0.3) is 22.0 Å². The van der Waals surface area contributed by atoms with Crippen LogP contribution in [0.4, 0.5) is 21.9 Å². The molecular weight excluding hydrogens is 386 g/mol. The summed E-state index contributed by atoms with van der Waals surface area (Å²) >= 11 is 6.04. The third kappa shape index (κ3) is 4.28. The summed E-state index contributed by atoms with van der Waals surface area (Å²) in [6.07, 6.45) is 5.08. The summed E-state index contributed by atoms with van der Waals surface area (Å²) in [5, 5.41) is 10.2. The van der Waals surface area contributed by atoms with Crippen molar-refractivity contribution in [1.29, 1.82) is 0 Å². The molecule has 0 radical (unpaired) electrons. The predicted octanol–water partition coefficient (Wildman–Crippen LogP) is 5.45. The number of pyridine rings is 2. The summed E-state index contributed by atoms with van der Waals surface area (Å²) in [5.41, 5.74) is 5.41. The van der Waals surface area contributed by atoms with Gasteiger partial charge in [-0.1, -0.05) is 29.8 Å². The monoisotopic (exact) mass is 403 g/mol. The van der Waals surface area contributed by atoms with E-state index in [4.69, 9.17) is 11.6 Å². The van der Waals surface area contributed by atoms with Crippen molar-refractivity contribution in [1.82, 2.24) is 15.3 Å². The van der Waals surface area contributed by atoms with Crippen molar-refractivity contribution < 1.29 is 4.79 Å². The Morgan fingerprint density at radius 2 is 1.72 bits per heavy atom. The van der Waals surface area contributed by atoms with Gasteiger partial charge in [-0.2, -0.15) is 0 Å². The van der Waals surface area contributed by atoms with Gasteiger partial charge < -0.3 is 16.0 Å². The van der Waals surface area contributed by atoms with Crippen molar-refractivity contribution in [2.45, 2.75) is 0 Å². The first-order valence-electron chi connectivity index (χ1n) is 8.98. The Hall–Kier alpha value is -3.64. The van der Waals surface area contributed by atoms with E-state index in [0.717, 1.165) is 39.1 Å². The van der Waals surface area contributed by atoms with Gasteiger partial charge in [0.05, 0.1) is 22.4 Å². The van der Waals surface area contributed by atoms with Gasteiger partial charge in [0.15, 0.2) is 0 Å². The van der Waals surface area contributed by atoms with Gasteiger partial charge in [0, 0.05) is 36.2 Å². The number of nitrogens with one attached hydrogen (secondary N) is 3. The maximum absolute atomic E-state index is 11.4. The van der Waals surface area contributed by atoms with Crippen molar-refractivity contribution >= 4 is 45.6 Å². The number of benzene rings is 2. The molecule has 0 bridgehead atoms. The van der Waals surface area contributed by atoms with Gasteiger partial charge in [-0.3, -0.25) is 9.97 Å². The second-order valence-corrected chi connectivity index (χ2v) is 6.83. The lowest BCUT2D eigenvalue weighted by Gasteiger charge is -2.11. The highest BCUT2D eigenvalue weighted by atomic mass is 35.5. The number of carbonyl (C=O) groups is 1. The van der Waals surface area contributed by atoms with Gasteiger partial charge in [0.25, 0.3) is 0 Å². The number of amides is 2. The summed E-state index contributed by atoms with van der Waals surface area (Å²) < 4.78 is 0. The number of hydrogen-bond acceptors (Lipinski definition) is 4. The average Bonchev–Trinajstić information content (AvgIpc) is 2.74. The van der Waals surface area contributed by atoms with Gasteiger partial charge in [0.1, 0.15) is 0 Å². The number of hydrogen-bond donors (Lipinski definition) is 3. The SMILES string of the molecule is CNC(=O)Nc1ccc(-c2ccc3nccc(Nc4cncc(Cl)c4)c3c2)cc1. The number of aromatic nitrogens is 2. The number of halogens is 1. The first-order chi connectivity index (χ1) is 14.1. The van der Waals surface area contributed by atoms with Crippen molar-refractivity contribution in [2.75, 3.05) is 17.7 Å². The molecule has 2 aromatic heterocycles. The molecule has 3 N–H and O–H groups in total. The van der Waals surface area contributed by atoms with Crippen LogP contribution in [0.2, 0.25) is 5.02 Å². The van der Waals surface area contributed by atoms with E-state index in [-0.39, 0.29) is 6.03 Å². The summed E-state index contributed by atoms with van der Waals surface area (Å²) in [5.74, 6) is 0. The van der Waals surface area contributed by atoms with Crippen LogP contribution in [0, 0.1) is 0 Å². The minimum atomic E-state index is -0.249. The molecule has 0 aliphatic rings. The van der Waals surface area contributed by atoms with Crippen molar-refractivity contribution in [3.05, 3.63) is 78.2 Å². The van der Waals surface area contributed by atoms with E-state index in [1.54, 1.807) is 25.6 Å². The van der Waals surface area contributed by atoms with E-state index in [1.165, 1.54) is 0 Å². The lowest BCUT2D eigenvalue weighted by atomic mass is 10.0. The highest BCUT2D eigenvalue weighted by molar-refractivity contribution is 6.30. The van der Waals surface area contributed by atoms with Crippen molar-refractivity contribution in [3.63, 3.8) is 0 Å². The number of urea groups is 1. The molecule has 4 rings (SSSR count).